The first-order valence-electron chi connectivity index (χ1n) is 6.33. The van der Waals surface area contributed by atoms with Crippen LogP contribution in [0.2, 0.25) is 0 Å². The maximum absolute atomic E-state index is 10.7. The molecule has 4 heteroatoms. The van der Waals surface area contributed by atoms with Crippen molar-refractivity contribution in [2.75, 3.05) is 6.61 Å². The van der Waals surface area contributed by atoms with Crippen molar-refractivity contribution in [2.45, 2.75) is 38.6 Å². The first kappa shape index (κ1) is 14.5. The van der Waals surface area contributed by atoms with Gasteiger partial charge in [-0.2, -0.15) is 0 Å². The van der Waals surface area contributed by atoms with Gasteiger partial charge in [0.1, 0.15) is 11.8 Å². The number of nitrogens with two attached hydrogens (primary N) is 1. The van der Waals surface area contributed by atoms with Crippen molar-refractivity contribution < 1.29 is 14.6 Å². The van der Waals surface area contributed by atoms with Crippen molar-refractivity contribution >= 4 is 5.97 Å². The number of hydrogen-bond donors (Lipinski definition) is 2. The van der Waals surface area contributed by atoms with E-state index in [1.807, 2.05) is 24.3 Å². The predicted molar refractivity (Wildman–Crippen MR) is 70.8 cm³/mol. The summed E-state index contributed by atoms with van der Waals surface area (Å²) in [6.45, 7) is 2.84. The van der Waals surface area contributed by atoms with Gasteiger partial charge >= 0.3 is 5.97 Å². The summed E-state index contributed by atoms with van der Waals surface area (Å²) in [4.78, 5) is 10.7. The van der Waals surface area contributed by atoms with Crippen LogP contribution in [0.15, 0.2) is 24.3 Å². The molecule has 0 aliphatic rings. The van der Waals surface area contributed by atoms with E-state index in [1.54, 1.807) is 0 Å². The van der Waals surface area contributed by atoms with Gasteiger partial charge in [0.15, 0.2) is 0 Å². The van der Waals surface area contributed by atoms with E-state index in [4.69, 9.17) is 15.6 Å². The summed E-state index contributed by atoms with van der Waals surface area (Å²) in [7, 11) is 0. The molecular formula is C14H21NO3. The van der Waals surface area contributed by atoms with Gasteiger partial charge in [0, 0.05) is 0 Å². The zero-order valence-electron chi connectivity index (χ0n) is 10.8. The highest BCUT2D eigenvalue weighted by Gasteiger charge is 2.12. The summed E-state index contributed by atoms with van der Waals surface area (Å²) in [6, 6.07) is 6.59. The molecule has 0 aliphatic heterocycles. The maximum atomic E-state index is 10.7. The fourth-order valence-electron chi connectivity index (χ4n) is 1.65. The molecule has 100 valence electrons. The average molecular weight is 251 g/mol. The molecule has 3 N–H and O–H groups in total. The molecule has 1 rings (SSSR count). The Morgan fingerprint density at radius 1 is 1.44 bits per heavy atom. The van der Waals surface area contributed by atoms with Gasteiger partial charge < -0.3 is 15.6 Å². The molecule has 0 fully saturated rings. The number of rotatable bonds is 8. The zero-order valence-corrected chi connectivity index (χ0v) is 10.8. The monoisotopic (exact) mass is 251 g/mol. The normalized spacial score (nSPS) is 12.1. The van der Waals surface area contributed by atoms with E-state index in [-0.39, 0.29) is 0 Å². The smallest absolute Gasteiger partial charge is 0.320 e. The molecule has 0 aromatic heterocycles. The van der Waals surface area contributed by atoms with Crippen molar-refractivity contribution in [1.82, 2.24) is 0 Å². The lowest BCUT2D eigenvalue weighted by Gasteiger charge is -2.09. The Morgan fingerprint density at radius 2 is 2.22 bits per heavy atom. The van der Waals surface area contributed by atoms with Gasteiger partial charge in [-0.05, 0) is 30.5 Å². The average Bonchev–Trinajstić information content (AvgIpc) is 2.35. The van der Waals surface area contributed by atoms with Crippen LogP contribution in [0, 0.1) is 0 Å². The van der Waals surface area contributed by atoms with Crippen molar-refractivity contribution in [1.29, 1.82) is 0 Å². The van der Waals surface area contributed by atoms with E-state index in [1.165, 1.54) is 0 Å². The lowest BCUT2D eigenvalue weighted by Crippen LogP contribution is -2.32. The second-order valence-electron chi connectivity index (χ2n) is 4.35. The maximum Gasteiger partial charge on any atom is 0.320 e. The van der Waals surface area contributed by atoms with Gasteiger partial charge in [-0.15, -0.1) is 0 Å². The Labute approximate surface area is 108 Å². The number of carboxylic acid groups (broad SMARTS) is 1. The molecule has 0 spiro atoms. The van der Waals surface area contributed by atoms with E-state index in [0.29, 0.717) is 13.0 Å². The van der Waals surface area contributed by atoms with Gasteiger partial charge in [0.25, 0.3) is 0 Å². The first-order chi connectivity index (χ1) is 8.63. The minimum absolute atomic E-state index is 0.321. The van der Waals surface area contributed by atoms with Crippen LogP contribution in [0.1, 0.15) is 31.7 Å². The Hall–Kier alpha value is -1.55. The van der Waals surface area contributed by atoms with E-state index in [9.17, 15) is 4.79 Å². The molecule has 0 radical (unpaired) electrons. The van der Waals surface area contributed by atoms with Crippen molar-refractivity contribution in [3.63, 3.8) is 0 Å². The highest BCUT2D eigenvalue weighted by Crippen LogP contribution is 2.15. The molecule has 0 heterocycles. The third kappa shape index (κ3) is 5.19. The molecule has 0 saturated heterocycles. The van der Waals surface area contributed by atoms with E-state index < -0.39 is 12.0 Å². The fourth-order valence-corrected chi connectivity index (χ4v) is 1.65. The summed E-state index contributed by atoms with van der Waals surface area (Å²) in [6.07, 6.45) is 3.68. The Balaban J connectivity index is 2.48. The fraction of sp³-hybridized carbons (Fsp3) is 0.500. The molecule has 4 nitrogen and oxygen atoms in total. The topological polar surface area (TPSA) is 72.5 Å². The highest BCUT2D eigenvalue weighted by atomic mass is 16.5. The third-order valence-corrected chi connectivity index (χ3v) is 2.69. The highest BCUT2D eigenvalue weighted by molar-refractivity contribution is 5.73. The predicted octanol–water partition coefficient (Wildman–Crippen LogP) is 2.21. The molecular weight excluding hydrogens is 230 g/mol. The molecule has 0 saturated carbocycles. The second kappa shape index (κ2) is 7.71. The van der Waals surface area contributed by atoms with Crippen LogP contribution in [-0.2, 0) is 11.2 Å². The van der Waals surface area contributed by atoms with Crippen LogP contribution in [0.5, 0.6) is 5.75 Å². The number of carboxylic acids is 1. The van der Waals surface area contributed by atoms with E-state index >= 15 is 0 Å². The largest absolute Gasteiger partial charge is 0.494 e. The second-order valence-corrected chi connectivity index (χ2v) is 4.35. The van der Waals surface area contributed by atoms with E-state index in [2.05, 4.69) is 6.92 Å². The minimum atomic E-state index is -0.982. The lowest BCUT2D eigenvalue weighted by atomic mass is 10.1. The van der Waals surface area contributed by atoms with Crippen molar-refractivity contribution in [2.24, 2.45) is 5.73 Å². The molecule has 0 unspecified atom stereocenters. The van der Waals surface area contributed by atoms with Gasteiger partial charge in [0.2, 0.25) is 0 Å². The molecule has 0 bridgehead atoms. The van der Waals surface area contributed by atoms with Crippen molar-refractivity contribution in [3.8, 4) is 5.75 Å². The lowest BCUT2D eigenvalue weighted by molar-refractivity contribution is -0.138. The number of benzene rings is 1. The van der Waals surface area contributed by atoms with Crippen LogP contribution in [0.25, 0.3) is 0 Å². The summed E-state index contributed by atoms with van der Waals surface area (Å²) in [5.74, 6) is -0.203. The molecule has 1 atom stereocenters. The first-order valence-corrected chi connectivity index (χ1v) is 6.33. The van der Waals surface area contributed by atoms with Crippen LogP contribution >= 0.6 is 0 Å². The van der Waals surface area contributed by atoms with Gasteiger partial charge in [-0.25, -0.2) is 0 Å². The molecule has 1 aromatic carbocycles. The van der Waals surface area contributed by atoms with Crippen LogP contribution in [0.3, 0.4) is 0 Å². The Kier molecular flexibility index (Phi) is 6.22. The number of aliphatic carboxylic acids is 1. The summed E-state index contributed by atoms with van der Waals surface area (Å²) >= 11 is 0. The Morgan fingerprint density at radius 3 is 2.89 bits per heavy atom. The minimum Gasteiger partial charge on any atom is -0.494 e. The number of hydrogen-bond acceptors (Lipinski definition) is 3. The zero-order chi connectivity index (χ0) is 13.4. The SMILES string of the molecule is CCCCCOc1cccc(C[C@H](N)C(=O)O)c1. The Bertz CT molecular complexity index is 379. The molecule has 18 heavy (non-hydrogen) atoms. The van der Waals surface area contributed by atoms with Crippen molar-refractivity contribution in [3.05, 3.63) is 29.8 Å². The summed E-state index contributed by atoms with van der Waals surface area (Å²) in [5.41, 5.74) is 6.38. The van der Waals surface area contributed by atoms with Crippen LogP contribution in [0.4, 0.5) is 0 Å². The molecule has 0 aliphatic carbocycles. The molecule has 0 amide bonds. The number of ether oxygens (including phenoxy) is 1. The standard InChI is InChI=1S/C14H21NO3/c1-2-3-4-8-18-12-7-5-6-11(9-12)10-13(15)14(16)17/h5-7,9,13H,2-4,8,10,15H2,1H3,(H,16,17)/t13-/m0/s1. The number of carbonyl (C=O) groups is 1. The van der Waals surface area contributed by atoms with Crippen LogP contribution < -0.4 is 10.5 Å². The number of unbranched alkanes of at least 4 members (excludes halogenated alkanes) is 2. The third-order valence-electron chi connectivity index (χ3n) is 2.69. The van der Waals surface area contributed by atoms with E-state index in [0.717, 1.165) is 30.6 Å². The van der Waals surface area contributed by atoms with Gasteiger partial charge in [-0.1, -0.05) is 31.9 Å². The summed E-state index contributed by atoms with van der Waals surface area (Å²) in [5, 5.41) is 8.76. The van der Waals surface area contributed by atoms with Gasteiger partial charge in [-0.3, -0.25) is 4.79 Å². The molecule has 1 aromatic rings. The summed E-state index contributed by atoms with van der Waals surface area (Å²) < 4.78 is 5.60. The quantitative estimate of drug-likeness (QED) is 0.695. The van der Waals surface area contributed by atoms with Crippen LogP contribution in [-0.4, -0.2) is 23.7 Å². The van der Waals surface area contributed by atoms with Gasteiger partial charge in [0.05, 0.1) is 6.61 Å².